The van der Waals surface area contributed by atoms with Crippen molar-refractivity contribution in [1.29, 1.82) is 0 Å². The Bertz CT molecular complexity index is 673. The lowest BCUT2D eigenvalue weighted by Gasteiger charge is -2.26. The van der Waals surface area contributed by atoms with Crippen LogP contribution in [0, 0.1) is 0 Å². The van der Waals surface area contributed by atoms with Gasteiger partial charge in [0.1, 0.15) is 0 Å². The number of amides is 2. The molecule has 10 heteroatoms. The highest BCUT2D eigenvalue weighted by Crippen LogP contribution is 2.33. The minimum absolute atomic E-state index is 0.0576. The van der Waals surface area contributed by atoms with Gasteiger partial charge in [0.15, 0.2) is 0 Å². The molecule has 1 fully saturated rings. The summed E-state index contributed by atoms with van der Waals surface area (Å²) < 4.78 is 0. The van der Waals surface area contributed by atoms with Crippen molar-refractivity contribution < 1.29 is 19.5 Å². The van der Waals surface area contributed by atoms with Gasteiger partial charge in [0.05, 0.1) is 12.0 Å². The standard InChI is InChI=1S/C14H14N4O4S2/c15-17-16-9-1-3-10(4-2-9)24-23-8-7-11(14(21)22)18-12(19)5-6-13(18)20/h1-4,11H,5-8H2,(H,21,22)/p-1. The molecular weight excluding hydrogens is 352 g/mol. The lowest BCUT2D eigenvalue weighted by Crippen LogP contribution is -2.50. The Morgan fingerprint density at radius 2 is 1.92 bits per heavy atom. The highest BCUT2D eigenvalue weighted by atomic mass is 33.1. The number of carbonyl (C=O) groups is 3. The third-order valence-corrected chi connectivity index (χ3v) is 5.72. The van der Waals surface area contributed by atoms with E-state index in [0.29, 0.717) is 11.4 Å². The van der Waals surface area contributed by atoms with Gasteiger partial charge in [-0.25, -0.2) is 0 Å². The van der Waals surface area contributed by atoms with Gasteiger partial charge in [-0.05, 0) is 24.1 Å². The first-order chi connectivity index (χ1) is 11.5. The first-order valence-electron chi connectivity index (χ1n) is 7.03. The fourth-order valence-electron chi connectivity index (χ4n) is 2.18. The first kappa shape index (κ1) is 18.2. The molecule has 8 nitrogen and oxygen atoms in total. The van der Waals surface area contributed by atoms with E-state index in [9.17, 15) is 19.5 Å². The average molecular weight is 365 g/mol. The Balaban J connectivity index is 1.85. The molecule has 0 saturated carbocycles. The number of likely N-dealkylation sites (tertiary alicyclic amines) is 1. The van der Waals surface area contributed by atoms with Gasteiger partial charge in [-0.1, -0.05) is 38.8 Å². The van der Waals surface area contributed by atoms with E-state index in [-0.39, 0.29) is 19.3 Å². The van der Waals surface area contributed by atoms with Crippen molar-refractivity contribution in [1.82, 2.24) is 4.90 Å². The third kappa shape index (κ3) is 4.67. The largest absolute Gasteiger partial charge is 0.548 e. The predicted molar refractivity (Wildman–Crippen MR) is 88.1 cm³/mol. The molecule has 0 N–H and O–H groups in total. The summed E-state index contributed by atoms with van der Waals surface area (Å²) in [5.41, 5.74) is 8.84. The minimum atomic E-state index is -1.41. The summed E-state index contributed by atoms with van der Waals surface area (Å²) in [6.07, 6.45) is 0.248. The molecule has 1 saturated heterocycles. The highest BCUT2D eigenvalue weighted by molar-refractivity contribution is 8.76. The van der Waals surface area contributed by atoms with Gasteiger partial charge < -0.3 is 9.90 Å². The Hall–Kier alpha value is -2.16. The van der Waals surface area contributed by atoms with Crippen molar-refractivity contribution in [2.45, 2.75) is 30.2 Å². The maximum absolute atomic E-state index is 11.6. The van der Waals surface area contributed by atoms with Gasteiger partial charge in [0.2, 0.25) is 11.8 Å². The zero-order valence-electron chi connectivity index (χ0n) is 12.5. The molecule has 1 aliphatic heterocycles. The van der Waals surface area contributed by atoms with Crippen LogP contribution in [-0.2, 0) is 14.4 Å². The molecule has 2 amide bonds. The molecule has 24 heavy (non-hydrogen) atoms. The van der Waals surface area contributed by atoms with Crippen molar-refractivity contribution in [3.05, 3.63) is 34.7 Å². The Kier molecular flexibility index (Phi) is 6.53. The van der Waals surface area contributed by atoms with Gasteiger partial charge in [-0.3, -0.25) is 14.5 Å². The molecular formula is C14H13N4O4S2-. The van der Waals surface area contributed by atoms with Crippen LogP contribution in [0.3, 0.4) is 0 Å². The van der Waals surface area contributed by atoms with Crippen LogP contribution in [0.1, 0.15) is 19.3 Å². The van der Waals surface area contributed by atoms with Gasteiger partial charge in [0, 0.05) is 34.1 Å². The lowest BCUT2D eigenvalue weighted by atomic mass is 10.2. The summed E-state index contributed by atoms with van der Waals surface area (Å²) in [5.74, 6) is -1.90. The number of imide groups is 1. The fourth-order valence-corrected chi connectivity index (χ4v) is 4.25. The quantitative estimate of drug-likeness (QED) is 0.173. The van der Waals surface area contributed by atoms with Gasteiger partial charge >= 0.3 is 0 Å². The lowest BCUT2D eigenvalue weighted by molar-refractivity contribution is -0.310. The van der Waals surface area contributed by atoms with Crippen molar-refractivity contribution >= 4 is 45.1 Å². The Morgan fingerprint density at radius 1 is 1.29 bits per heavy atom. The second kappa shape index (κ2) is 8.62. The molecule has 0 radical (unpaired) electrons. The zero-order chi connectivity index (χ0) is 17.5. The van der Waals surface area contributed by atoms with E-state index in [4.69, 9.17) is 5.53 Å². The maximum Gasteiger partial charge on any atom is 0.230 e. The molecule has 1 aromatic rings. The third-order valence-electron chi connectivity index (χ3n) is 3.30. The predicted octanol–water partition coefficient (Wildman–Crippen LogP) is 2.03. The number of benzene rings is 1. The summed E-state index contributed by atoms with van der Waals surface area (Å²) >= 11 is 0. The number of nitrogens with zero attached hydrogens (tertiary/aromatic N) is 4. The molecule has 1 atom stereocenters. The topological polar surface area (TPSA) is 126 Å². The number of carbonyl (C=O) groups excluding carboxylic acids is 3. The second-order valence-electron chi connectivity index (χ2n) is 4.87. The van der Waals surface area contributed by atoms with Crippen LogP contribution in [-0.4, -0.2) is 34.5 Å². The van der Waals surface area contributed by atoms with Crippen LogP contribution in [0.25, 0.3) is 10.4 Å². The van der Waals surface area contributed by atoms with Crippen molar-refractivity contribution in [3.8, 4) is 0 Å². The van der Waals surface area contributed by atoms with E-state index in [0.717, 1.165) is 9.80 Å². The van der Waals surface area contributed by atoms with Crippen molar-refractivity contribution in [2.24, 2.45) is 5.11 Å². The zero-order valence-corrected chi connectivity index (χ0v) is 14.1. The fraction of sp³-hybridized carbons (Fsp3) is 0.357. The molecule has 0 spiro atoms. The van der Waals surface area contributed by atoms with Crippen LogP contribution >= 0.6 is 21.6 Å². The van der Waals surface area contributed by atoms with E-state index in [1.807, 2.05) is 0 Å². The monoisotopic (exact) mass is 365 g/mol. The van der Waals surface area contributed by atoms with Crippen molar-refractivity contribution in [3.63, 3.8) is 0 Å². The summed E-state index contributed by atoms with van der Waals surface area (Å²) in [6, 6.07) is 5.70. The summed E-state index contributed by atoms with van der Waals surface area (Å²) in [7, 11) is 2.83. The molecule has 1 aromatic carbocycles. The second-order valence-corrected chi connectivity index (χ2v) is 7.36. The summed E-state index contributed by atoms with van der Waals surface area (Å²) in [6.45, 7) is 0. The van der Waals surface area contributed by atoms with Gasteiger partial charge in [0.25, 0.3) is 0 Å². The number of rotatable bonds is 8. The molecule has 1 heterocycles. The van der Waals surface area contributed by atoms with Gasteiger partial charge in [-0.15, -0.1) is 0 Å². The molecule has 1 unspecified atom stereocenters. The van der Waals surface area contributed by atoms with Gasteiger partial charge in [-0.2, -0.15) is 0 Å². The Labute approximate surface area is 145 Å². The normalized spacial score (nSPS) is 15.2. The molecule has 1 aliphatic rings. The molecule has 0 bridgehead atoms. The van der Waals surface area contributed by atoms with Crippen LogP contribution in [0.2, 0.25) is 0 Å². The number of hydrogen-bond acceptors (Lipinski definition) is 7. The summed E-state index contributed by atoms with van der Waals surface area (Å²) in [4.78, 5) is 38.9. The highest BCUT2D eigenvalue weighted by Gasteiger charge is 2.35. The van der Waals surface area contributed by atoms with Crippen LogP contribution in [0.5, 0.6) is 0 Å². The SMILES string of the molecule is [N-]=[N+]=Nc1ccc(SSCCC(C(=O)[O-])N2C(=O)CCC2=O)cc1. The van der Waals surface area contributed by atoms with E-state index >= 15 is 0 Å². The number of hydrogen-bond donors (Lipinski definition) is 0. The summed E-state index contributed by atoms with van der Waals surface area (Å²) in [5, 5.41) is 14.7. The van der Waals surface area contributed by atoms with E-state index < -0.39 is 23.8 Å². The number of azide groups is 1. The van der Waals surface area contributed by atoms with E-state index in [1.165, 1.54) is 21.6 Å². The minimum Gasteiger partial charge on any atom is -0.548 e. The number of carboxylic acid groups (broad SMARTS) is 1. The van der Waals surface area contributed by atoms with Crippen LogP contribution in [0.4, 0.5) is 5.69 Å². The molecule has 0 aromatic heterocycles. The maximum atomic E-state index is 11.6. The van der Waals surface area contributed by atoms with E-state index in [2.05, 4.69) is 10.0 Å². The number of carboxylic acids is 1. The molecule has 126 valence electrons. The van der Waals surface area contributed by atoms with Crippen molar-refractivity contribution in [2.75, 3.05) is 5.75 Å². The first-order valence-corrected chi connectivity index (χ1v) is 9.35. The smallest absolute Gasteiger partial charge is 0.230 e. The van der Waals surface area contributed by atoms with E-state index in [1.54, 1.807) is 24.3 Å². The number of aliphatic carboxylic acids is 1. The Morgan fingerprint density at radius 3 is 2.46 bits per heavy atom. The van der Waals surface area contributed by atoms with Crippen LogP contribution in [0.15, 0.2) is 34.3 Å². The average Bonchev–Trinajstić information content (AvgIpc) is 2.88. The van der Waals surface area contributed by atoms with Crippen LogP contribution < -0.4 is 5.11 Å². The molecule has 2 rings (SSSR count). The molecule has 0 aliphatic carbocycles.